The molecule has 2 nitrogen and oxygen atoms in total. The van der Waals surface area contributed by atoms with E-state index in [0.29, 0.717) is 0 Å². The minimum absolute atomic E-state index is 0.0624. The van der Waals surface area contributed by atoms with Crippen LogP contribution in [0.2, 0.25) is 0 Å². The summed E-state index contributed by atoms with van der Waals surface area (Å²) in [5.41, 5.74) is 1.23. The molecule has 2 aromatic rings. The average molecular weight is 255 g/mol. The number of hydrogen-bond donors (Lipinski definition) is 1. The third-order valence-electron chi connectivity index (χ3n) is 3.56. The lowest BCUT2D eigenvalue weighted by Gasteiger charge is -2.18. The number of ketones is 1. The molecule has 0 aliphatic rings. The molecule has 0 bridgehead atoms. The van der Waals surface area contributed by atoms with Gasteiger partial charge in [0.1, 0.15) is 0 Å². The molecule has 2 rings (SSSR count). The highest BCUT2D eigenvalue weighted by atomic mass is 16.1. The Morgan fingerprint density at radius 3 is 2.47 bits per heavy atom. The second-order valence-electron chi connectivity index (χ2n) is 5.24. The molecule has 0 aromatic heterocycles. The quantitative estimate of drug-likeness (QED) is 0.889. The van der Waals surface area contributed by atoms with Crippen LogP contribution in [0.15, 0.2) is 42.5 Å². The highest BCUT2D eigenvalue weighted by Gasteiger charge is 2.20. The number of carbonyl (C=O) groups is 1. The van der Waals surface area contributed by atoms with Crippen molar-refractivity contribution < 1.29 is 4.79 Å². The summed E-state index contributed by atoms with van der Waals surface area (Å²) in [7, 11) is 1.86. The van der Waals surface area contributed by atoms with E-state index in [-0.39, 0.29) is 17.7 Å². The highest BCUT2D eigenvalue weighted by Crippen LogP contribution is 2.20. The first-order valence-electron chi connectivity index (χ1n) is 6.81. The highest BCUT2D eigenvalue weighted by molar-refractivity contribution is 5.89. The van der Waals surface area contributed by atoms with Gasteiger partial charge in [-0.3, -0.25) is 4.79 Å². The molecule has 19 heavy (non-hydrogen) atoms. The van der Waals surface area contributed by atoms with Crippen LogP contribution < -0.4 is 5.32 Å². The Hall–Kier alpha value is -1.67. The number of hydrogen-bond acceptors (Lipinski definition) is 2. The van der Waals surface area contributed by atoms with E-state index in [1.165, 1.54) is 16.3 Å². The maximum absolute atomic E-state index is 12.2. The Morgan fingerprint density at radius 1 is 1.11 bits per heavy atom. The molecule has 0 heterocycles. The third kappa shape index (κ3) is 3.02. The zero-order valence-electron chi connectivity index (χ0n) is 11.8. The van der Waals surface area contributed by atoms with Crippen LogP contribution in [-0.2, 0) is 11.2 Å². The van der Waals surface area contributed by atoms with Crippen LogP contribution in [0.5, 0.6) is 0 Å². The smallest absolute Gasteiger partial charge is 0.152 e. The van der Waals surface area contributed by atoms with Crippen molar-refractivity contribution in [2.75, 3.05) is 7.05 Å². The van der Waals surface area contributed by atoms with Crippen molar-refractivity contribution in [3.63, 3.8) is 0 Å². The maximum Gasteiger partial charge on any atom is 0.152 e. The lowest BCUT2D eigenvalue weighted by atomic mass is 9.93. The van der Waals surface area contributed by atoms with Gasteiger partial charge < -0.3 is 5.32 Å². The van der Waals surface area contributed by atoms with Crippen LogP contribution in [0.4, 0.5) is 0 Å². The van der Waals surface area contributed by atoms with Crippen molar-refractivity contribution in [2.45, 2.75) is 26.3 Å². The normalized spacial score (nSPS) is 12.8. The standard InChI is InChI=1S/C17H21NO/c1-12(2)17(19)16(18-3)11-14-9-6-8-13-7-4-5-10-15(13)14/h4-10,12,16,18H,11H2,1-3H3/t16-/m1/s1. The van der Waals surface area contributed by atoms with E-state index in [1.54, 1.807) is 0 Å². The second-order valence-corrected chi connectivity index (χ2v) is 5.24. The van der Waals surface area contributed by atoms with Gasteiger partial charge in [0.25, 0.3) is 0 Å². The molecule has 100 valence electrons. The van der Waals surface area contributed by atoms with Gasteiger partial charge in [0.05, 0.1) is 6.04 Å². The molecule has 0 fully saturated rings. The van der Waals surface area contributed by atoms with Crippen molar-refractivity contribution in [3.8, 4) is 0 Å². The summed E-state index contributed by atoms with van der Waals surface area (Å²) in [6, 6.07) is 14.5. The first-order chi connectivity index (χ1) is 9.13. The van der Waals surface area contributed by atoms with E-state index in [1.807, 2.05) is 33.0 Å². The second kappa shape index (κ2) is 5.98. The fraction of sp³-hybridized carbons (Fsp3) is 0.353. The summed E-state index contributed by atoms with van der Waals surface area (Å²) in [6.45, 7) is 3.91. The Morgan fingerprint density at radius 2 is 1.79 bits per heavy atom. The molecule has 0 saturated carbocycles. The van der Waals surface area contributed by atoms with E-state index >= 15 is 0 Å². The van der Waals surface area contributed by atoms with Crippen LogP contribution in [0.25, 0.3) is 10.8 Å². The maximum atomic E-state index is 12.2. The van der Waals surface area contributed by atoms with Crippen molar-refractivity contribution >= 4 is 16.6 Å². The van der Waals surface area contributed by atoms with E-state index < -0.39 is 0 Å². The first-order valence-corrected chi connectivity index (χ1v) is 6.81. The molecule has 0 aliphatic heterocycles. The van der Waals surface area contributed by atoms with E-state index in [0.717, 1.165) is 6.42 Å². The summed E-state index contributed by atoms with van der Waals surface area (Å²) >= 11 is 0. The van der Waals surface area contributed by atoms with Crippen LogP contribution in [0.1, 0.15) is 19.4 Å². The van der Waals surface area contributed by atoms with Gasteiger partial charge in [0.15, 0.2) is 5.78 Å². The molecule has 2 aromatic carbocycles. The van der Waals surface area contributed by atoms with Gasteiger partial charge in [-0.2, -0.15) is 0 Å². The topological polar surface area (TPSA) is 29.1 Å². The molecular formula is C17H21NO. The van der Waals surface area contributed by atoms with Crippen molar-refractivity contribution in [1.82, 2.24) is 5.32 Å². The zero-order valence-corrected chi connectivity index (χ0v) is 11.8. The van der Waals surface area contributed by atoms with Gasteiger partial charge in [-0.1, -0.05) is 56.3 Å². The van der Waals surface area contributed by atoms with Crippen molar-refractivity contribution in [3.05, 3.63) is 48.0 Å². The monoisotopic (exact) mass is 255 g/mol. The van der Waals surface area contributed by atoms with Crippen LogP contribution >= 0.6 is 0 Å². The molecular weight excluding hydrogens is 234 g/mol. The largest absolute Gasteiger partial charge is 0.310 e. The molecule has 0 saturated heterocycles. The van der Waals surface area contributed by atoms with Crippen LogP contribution in [0.3, 0.4) is 0 Å². The molecule has 0 unspecified atom stereocenters. The van der Waals surface area contributed by atoms with E-state index in [9.17, 15) is 4.79 Å². The predicted octanol–water partition coefficient (Wildman–Crippen LogP) is 3.20. The number of carbonyl (C=O) groups excluding carboxylic acids is 1. The van der Waals surface area contributed by atoms with Crippen molar-refractivity contribution in [1.29, 1.82) is 0 Å². The number of benzene rings is 2. The number of Topliss-reactive ketones (excluding diaryl/α,β-unsaturated/α-hetero) is 1. The minimum atomic E-state index is -0.106. The van der Waals surface area contributed by atoms with E-state index in [4.69, 9.17) is 0 Å². The van der Waals surface area contributed by atoms with Gasteiger partial charge in [0.2, 0.25) is 0 Å². The fourth-order valence-electron chi connectivity index (χ4n) is 2.44. The molecule has 0 amide bonds. The lowest BCUT2D eigenvalue weighted by molar-refractivity contribution is -0.123. The number of rotatable bonds is 5. The first kappa shape index (κ1) is 13.8. The Labute approximate surface area is 114 Å². The molecule has 0 spiro atoms. The number of nitrogens with one attached hydrogen (secondary N) is 1. The molecule has 1 N–H and O–H groups in total. The average Bonchev–Trinajstić information content (AvgIpc) is 2.44. The Kier molecular flexibility index (Phi) is 4.33. The summed E-state index contributed by atoms with van der Waals surface area (Å²) < 4.78 is 0. The fourth-order valence-corrected chi connectivity index (χ4v) is 2.44. The predicted molar refractivity (Wildman–Crippen MR) is 80.3 cm³/mol. The van der Waals surface area contributed by atoms with Crippen molar-refractivity contribution in [2.24, 2.45) is 5.92 Å². The Balaban J connectivity index is 2.32. The molecule has 2 heteroatoms. The van der Waals surface area contributed by atoms with Gasteiger partial charge in [0, 0.05) is 5.92 Å². The molecule has 0 radical (unpaired) electrons. The minimum Gasteiger partial charge on any atom is -0.310 e. The van der Waals surface area contributed by atoms with Gasteiger partial charge in [-0.05, 0) is 29.8 Å². The molecule has 0 aliphatic carbocycles. The zero-order chi connectivity index (χ0) is 13.8. The number of likely N-dealkylation sites (N-methyl/N-ethyl adjacent to an activating group) is 1. The summed E-state index contributed by atoms with van der Waals surface area (Å²) in [5.74, 6) is 0.336. The number of fused-ring (bicyclic) bond motifs is 1. The van der Waals surface area contributed by atoms with Crippen LogP contribution in [0, 0.1) is 5.92 Å². The van der Waals surface area contributed by atoms with Gasteiger partial charge in [-0.15, -0.1) is 0 Å². The Bertz CT molecular complexity index is 569. The molecule has 1 atom stereocenters. The van der Waals surface area contributed by atoms with E-state index in [2.05, 4.69) is 35.6 Å². The lowest BCUT2D eigenvalue weighted by Crippen LogP contribution is -2.38. The summed E-state index contributed by atoms with van der Waals surface area (Å²) in [4.78, 5) is 12.2. The van der Waals surface area contributed by atoms with Crippen LogP contribution in [-0.4, -0.2) is 18.9 Å². The van der Waals surface area contributed by atoms with Gasteiger partial charge in [-0.25, -0.2) is 0 Å². The SMILES string of the molecule is CN[C@H](Cc1cccc2ccccc12)C(=O)C(C)C. The summed E-state index contributed by atoms with van der Waals surface area (Å²) in [6.07, 6.45) is 0.745. The third-order valence-corrected chi connectivity index (χ3v) is 3.56. The van der Waals surface area contributed by atoms with Gasteiger partial charge >= 0.3 is 0 Å². The summed E-state index contributed by atoms with van der Waals surface area (Å²) in [5, 5.41) is 5.61.